The van der Waals surface area contributed by atoms with E-state index in [9.17, 15) is 8.78 Å². The molecule has 45 heavy (non-hydrogen) atoms. The smallest absolute Gasteiger partial charge is 0.178 e. The third kappa shape index (κ3) is 4.16. The Morgan fingerprint density at radius 2 is 1.42 bits per heavy atom. The van der Waals surface area contributed by atoms with Gasteiger partial charge in [-0.15, -0.1) is 0 Å². The van der Waals surface area contributed by atoms with Crippen molar-refractivity contribution in [1.29, 1.82) is 0 Å². The molecule has 0 bridgehead atoms. The van der Waals surface area contributed by atoms with Gasteiger partial charge in [-0.3, -0.25) is 0 Å². The van der Waals surface area contributed by atoms with Crippen LogP contribution in [0.3, 0.4) is 0 Å². The molecule has 2 heterocycles. The van der Waals surface area contributed by atoms with Crippen molar-refractivity contribution in [2.45, 2.75) is 57.1 Å². The van der Waals surface area contributed by atoms with E-state index in [2.05, 4.69) is 56.0 Å². The number of ether oxygens (including phenoxy) is 1. The Morgan fingerprint density at radius 1 is 0.756 bits per heavy atom. The summed E-state index contributed by atoms with van der Waals surface area (Å²) in [6.45, 7) is 7.50. The first-order valence-corrected chi connectivity index (χ1v) is 15.8. The van der Waals surface area contributed by atoms with Crippen LogP contribution >= 0.6 is 0 Å². The molecule has 0 spiro atoms. The maximum Gasteiger partial charge on any atom is 0.178 e. The van der Waals surface area contributed by atoms with Crippen molar-refractivity contribution in [1.82, 2.24) is 0 Å². The van der Waals surface area contributed by atoms with E-state index < -0.39 is 11.0 Å². The van der Waals surface area contributed by atoms with Gasteiger partial charge in [0.1, 0.15) is 23.2 Å². The van der Waals surface area contributed by atoms with E-state index in [1.54, 1.807) is 24.3 Å². The molecule has 0 aromatic heterocycles. The van der Waals surface area contributed by atoms with Crippen molar-refractivity contribution in [2.24, 2.45) is 0 Å². The molecule has 0 saturated carbocycles. The fourth-order valence-corrected chi connectivity index (χ4v) is 7.99. The molecule has 1 fully saturated rings. The number of hydrogen-bond donors (Lipinski definition) is 0. The second-order valence-corrected chi connectivity index (χ2v) is 13.3. The van der Waals surface area contributed by atoms with Crippen molar-refractivity contribution in [2.75, 3.05) is 11.4 Å². The molecule has 2 aliphatic heterocycles. The molecule has 2 unspecified atom stereocenters. The van der Waals surface area contributed by atoms with Crippen molar-refractivity contribution >= 4 is 22.5 Å². The molecule has 8 rings (SSSR count). The molecule has 1 aliphatic carbocycles. The minimum absolute atomic E-state index is 0.289. The summed E-state index contributed by atoms with van der Waals surface area (Å²) in [4.78, 5) is 2.45. The molecule has 2 nitrogen and oxygen atoms in total. The monoisotopic (exact) mass is 601 g/mol. The molecular formula is C40H34F3NO. The van der Waals surface area contributed by atoms with Crippen LogP contribution in [0.15, 0.2) is 91.0 Å². The molecule has 3 aliphatic rings. The fraction of sp³-hybridized carbons (Fsp3) is 0.250. The van der Waals surface area contributed by atoms with E-state index in [1.165, 1.54) is 49.6 Å². The number of benzene rings is 5. The molecule has 0 N–H and O–H groups in total. The number of hydrogen-bond acceptors (Lipinski definition) is 2. The van der Waals surface area contributed by atoms with Crippen LogP contribution in [0.4, 0.5) is 18.9 Å². The zero-order chi connectivity index (χ0) is 31.1. The second kappa shape index (κ2) is 10.00. The van der Waals surface area contributed by atoms with Crippen LogP contribution in [-0.2, 0) is 11.0 Å². The van der Waals surface area contributed by atoms with Gasteiger partial charge in [0, 0.05) is 45.8 Å². The van der Waals surface area contributed by atoms with Gasteiger partial charge in [-0.2, -0.15) is 0 Å². The normalized spacial score (nSPS) is 21.3. The number of piperidine rings is 1. The minimum atomic E-state index is -1.10. The van der Waals surface area contributed by atoms with Crippen LogP contribution in [0.25, 0.3) is 28.0 Å². The van der Waals surface area contributed by atoms with Crippen LogP contribution in [0.2, 0.25) is 0 Å². The second-order valence-electron chi connectivity index (χ2n) is 13.3. The summed E-state index contributed by atoms with van der Waals surface area (Å²) in [6.07, 6.45) is 7.69. The van der Waals surface area contributed by atoms with E-state index in [0.29, 0.717) is 17.2 Å². The summed E-state index contributed by atoms with van der Waals surface area (Å²) in [5.41, 5.74) is 5.88. The third-order valence-corrected chi connectivity index (χ3v) is 10.3. The average molecular weight is 602 g/mol. The van der Waals surface area contributed by atoms with Gasteiger partial charge >= 0.3 is 0 Å². The van der Waals surface area contributed by atoms with Crippen molar-refractivity contribution in [3.05, 3.63) is 136 Å². The number of anilines is 1. The zero-order valence-electron chi connectivity index (χ0n) is 25.6. The van der Waals surface area contributed by atoms with Gasteiger partial charge in [-0.05, 0) is 108 Å². The predicted molar refractivity (Wildman–Crippen MR) is 175 cm³/mol. The van der Waals surface area contributed by atoms with Gasteiger partial charge in [0.2, 0.25) is 0 Å². The van der Waals surface area contributed by atoms with Crippen LogP contribution in [-0.4, -0.2) is 12.6 Å². The summed E-state index contributed by atoms with van der Waals surface area (Å²) < 4.78 is 51.0. The summed E-state index contributed by atoms with van der Waals surface area (Å²) in [7, 11) is 0. The molecule has 1 saturated heterocycles. The SMILES string of the molecule is CC1CCCCN1c1ccc(C2(c3ccc(F)cc3)C=Cc3c4c(c5ccc(F)cc5c3O2)-c2ccc(F)cc2C4(C)C)cc1. The Labute approximate surface area is 261 Å². The van der Waals surface area contributed by atoms with Crippen LogP contribution in [0.1, 0.15) is 67.9 Å². The Morgan fingerprint density at radius 3 is 2.16 bits per heavy atom. The van der Waals surface area contributed by atoms with Gasteiger partial charge in [0.25, 0.3) is 0 Å². The Hall–Kier alpha value is -4.51. The zero-order valence-corrected chi connectivity index (χ0v) is 25.6. The summed E-state index contributed by atoms with van der Waals surface area (Å²) in [6, 6.07) is 25.1. The van der Waals surface area contributed by atoms with Gasteiger partial charge in [-0.25, -0.2) is 13.2 Å². The topological polar surface area (TPSA) is 12.5 Å². The molecule has 2 atom stereocenters. The van der Waals surface area contributed by atoms with E-state index in [4.69, 9.17) is 4.74 Å². The fourth-order valence-electron chi connectivity index (χ4n) is 7.99. The highest BCUT2D eigenvalue weighted by Crippen LogP contribution is 2.58. The molecular weight excluding hydrogens is 567 g/mol. The number of rotatable bonds is 3. The lowest BCUT2D eigenvalue weighted by atomic mass is 9.76. The van der Waals surface area contributed by atoms with Crippen LogP contribution in [0, 0.1) is 17.5 Å². The molecule has 5 aromatic carbocycles. The summed E-state index contributed by atoms with van der Waals surface area (Å²) in [5, 5.41) is 1.49. The first-order chi connectivity index (χ1) is 21.7. The maximum absolute atomic E-state index is 15.0. The lowest BCUT2D eigenvalue weighted by Crippen LogP contribution is -2.38. The standard InChI is InChI=1S/C40H34F3NO/c1-24-6-4-5-21-44(24)30-15-9-26(10-16-30)40(25-7-11-27(41)12-8-25)20-19-33-37-36(31-17-13-28(42)22-34(31)38(33)45-40)32-18-14-29(43)23-35(32)39(37,2)3/h7-20,22-24H,4-6,21H2,1-3H3. The number of nitrogens with zero attached hydrogens (tertiary/aromatic N) is 1. The van der Waals surface area contributed by atoms with Gasteiger partial charge in [-0.1, -0.05) is 56.3 Å². The third-order valence-electron chi connectivity index (χ3n) is 10.3. The van der Waals surface area contributed by atoms with Crippen molar-refractivity contribution in [3.8, 4) is 16.9 Å². The average Bonchev–Trinajstić information content (AvgIpc) is 3.27. The largest absolute Gasteiger partial charge is 0.472 e. The lowest BCUT2D eigenvalue weighted by Gasteiger charge is -2.39. The van der Waals surface area contributed by atoms with Gasteiger partial charge in [0.05, 0.1) is 0 Å². The van der Waals surface area contributed by atoms with Crippen molar-refractivity contribution < 1.29 is 17.9 Å². The molecule has 226 valence electrons. The van der Waals surface area contributed by atoms with Gasteiger partial charge < -0.3 is 9.64 Å². The first kappa shape index (κ1) is 28.0. The summed E-state index contributed by atoms with van der Waals surface area (Å²) >= 11 is 0. The molecule has 5 heteroatoms. The number of fused-ring (bicyclic) bond motifs is 8. The van der Waals surface area contributed by atoms with Crippen molar-refractivity contribution in [3.63, 3.8) is 0 Å². The highest BCUT2D eigenvalue weighted by molar-refractivity contribution is 6.08. The Kier molecular flexibility index (Phi) is 6.22. The maximum atomic E-state index is 15.0. The van der Waals surface area contributed by atoms with Crippen LogP contribution in [0.5, 0.6) is 5.75 Å². The lowest BCUT2D eigenvalue weighted by molar-refractivity contribution is 0.163. The molecule has 5 aromatic rings. The van der Waals surface area contributed by atoms with E-state index in [0.717, 1.165) is 56.6 Å². The predicted octanol–water partition coefficient (Wildman–Crippen LogP) is 10.3. The number of halogens is 3. The minimum Gasteiger partial charge on any atom is -0.472 e. The van der Waals surface area contributed by atoms with E-state index in [1.807, 2.05) is 12.1 Å². The molecule has 0 amide bonds. The highest BCUT2D eigenvalue weighted by Gasteiger charge is 2.44. The Bertz CT molecular complexity index is 2010. The quantitative estimate of drug-likeness (QED) is 0.204. The van der Waals surface area contributed by atoms with E-state index in [-0.39, 0.29) is 17.5 Å². The van der Waals surface area contributed by atoms with Gasteiger partial charge in [0.15, 0.2) is 5.60 Å². The first-order valence-electron chi connectivity index (χ1n) is 15.8. The van der Waals surface area contributed by atoms with Crippen LogP contribution < -0.4 is 9.64 Å². The molecule has 0 radical (unpaired) electrons. The Balaban J connectivity index is 1.36. The summed E-state index contributed by atoms with van der Waals surface area (Å²) in [5.74, 6) is -0.430. The highest BCUT2D eigenvalue weighted by atomic mass is 19.1. The van der Waals surface area contributed by atoms with E-state index >= 15 is 4.39 Å².